The molecule has 1 unspecified atom stereocenters. The van der Waals surface area contributed by atoms with Gasteiger partial charge in [-0.15, -0.1) is 11.8 Å². The molecule has 0 bridgehead atoms. The summed E-state index contributed by atoms with van der Waals surface area (Å²) in [5, 5.41) is 3.45. The second-order valence-corrected chi connectivity index (χ2v) is 6.54. The molecule has 0 spiro atoms. The third-order valence-electron chi connectivity index (χ3n) is 3.13. The third kappa shape index (κ3) is 3.80. The van der Waals surface area contributed by atoms with Gasteiger partial charge in [0, 0.05) is 16.1 Å². The number of nitrogens with two attached hydrogens (primary N) is 1. The van der Waals surface area contributed by atoms with E-state index in [9.17, 15) is 0 Å². The third-order valence-corrected chi connectivity index (χ3v) is 4.28. The largest absolute Gasteiger partial charge is 0.464 e. The zero-order valence-corrected chi connectivity index (χ0v) is 14.1. The molecule has 0 aliphatic rings. The van der Waals surface area contributed by atoms with Crippen molar-refractivity contribution in [1.82, 2.24) is 0 Å². The number of furan rings is 1. The predicted molar refractivity (Wildman–Crippen MR) is 94.2 cm³/mol. The maximum atomic E-state index is 5.92. The van der Waals surface area contributed by atoms with E-state index in [1.807, 2.05) is 31.2 Å². The molecular weight excluding hydrogens is 300 g/mol. The van der Waals surface area contributed by atoms with Crippen molar-refractivity contribution in [2.45, 2.75) is 31.7 Å². The number of benzene rings is 1. The van der Waals surface area contributed by atoms with Crippen LogP contribution in [0.25, 0.3) is 0 Å². The number of hydrogen-bond acceptors (Lipinski definition) is 4. The number of hydrogen-bond donors (Lipinski definition) is 2. The first kappa shape index (κ1) is 15.9. The minimum Gasteiger partial charge on any atom is -0.464 e. The van der Waals surface area contributed by atoms with E-state index in [1.54, 1.807) is 11.8 Å². The molecule has 1 atom stereocenters. The van der Waals surface area contributed by atoms with Gasteiger partial charge in [-0.3, -0.25) is 0 Å². The minimum atomic E-state index is 0.0497. The fourth-order valence-corrected chi connectivity index (χ4v) is 3.31. The van der Waals surface area contributed by atoms with E-state index in [-0.39, 0.29) is 6.04 Å². The Kier molecular flexibility index (Phi) is 5.31. The van der Waals surface area contributed by atoms with Crippen molar-refractivity contribution < 1.29 is 4.42 Å². The van der Waals surface area contributed by atoms with Crippen LogP contribution >= 0.6 is 24.0 Å². The standard InChI is InChI=1S/C16H20N2OS2/c1-4-21-14-7-5-6-12(15(14)16(17)20)18-11(3)13-9-8-10(2)19-13/h5-9,11,18H,4H2,1-3H3,(H2,17,20). The van der Waals surface area contributed by atoms with Crippen LogP contribution < -0.4 is 11.1 Å². The van der Waals surface area contributed by atoms with Gasteiger partial charge in [-0.25, -0.2) is 0 Å². The summed E-state index contributed by atoms with van der Waals surface area (Å²) in [4.78, 5) is 1.52. The molecule has 1 heterocycles. The minimum absolute atomic E-state index is 0.0497. The molecule has 0 amide bonds. The van der Waals surface area contributed by atoms with Crippen molar-refractivity contribution in [1.29, 1.82) is 0 Å². The van der Waals surface area contributed by atoms with E-state index < -0.39 is 0 Å². The highest BCUT2D eigenvalue weighted by Crippen LogP contribution is 2.31. The molecule has 21 heavy (non-hydrogen) atoms. The molecule has 0 aliphatic heterocycles. The lowest BCUT2D eigenvalue weighted by molar-refractivity contribution is 0.467. The van der Waals surface area contributed by atoms with E-state index in [4.69, 9.17) is 22.4 Å². The summed E-state index contributed by atoms with van der Waals surface area (Å²) in [7, 11) is 0. The fraction of sp³-hybridized carbons (Fsp3) is 0.312. The Labute approximate surface area is 135 Å². The van der Waals surface area contributed by atoms with Crippen LogP contribution in [0.5, 0.6) is 0 Å². The van der Waals surface area contributed by atoms with Crippen molar-refractivity contribution in [3.63, 3.8) is 0 Å². The first-order chi connectivity index (χ1) is 10.0. The van der Waals surface area contributed by atoms with E-state index in [0.29, 0.717) is 4.99 Å². The average Bonchev–Trinajstić information content (AvgIpc) is 2.86. The molecule has 3 nitrogen and oxygen atoms in total. The predicted octanol–water partition coefficient (Wildman–Crippen LogP) is 4.51. The Hall–Kier alpha value is -1.46. The lowest BCUT2D eigenvalue weighted by atomic mass is 10.1. The molecule has 112 valence electrons. The Morgan fingerprint density at radius 1 is 1.38 bits per heavy atom. The van der Waals surface area contributed by atoms with Gasteiger partial charge in [0.1, 0.15) is 16.5 Å². The SMILES string of the molecule is CCSc1cccc(NC(C)c2ccc(C)o2)c1C(N)=S. The van der Waals surface area contributed by atoms with Gasteiger partial charge in [-0.2, -0.15) is 0 Å². The highest BCUT2D eigenvalue weighted by molar-refractivity contribution is 7.99. The summed E-state index contributed by atoms with van der Waals surface area (Å²) < 4.78 is 5.66. The summed E-state index contributed by atoms with van der Waals surface area (Å²) in [5.74, 6) is 2.78. The summed E-state index contributed by atoms with van der Waals surface area (Å²) in [6.45, 7) is 6.11. The van der Waals surface area contributed by atoms with E-state index in [0.717, 1.165) is 33.4 Å². The van der Waals surface area contributed by atoms with Crippen LogP contribution in [0.15, 0.2) is 39.6 Å². The van der Waals surface area contributed by atoms with Crippen molar-refractivity contribution in [3.8, 4) is 0 Å². The first-order valence-corrected chi connectivity index (χ1v) is 8.30. The molecule has 0 saturated heterocycles. The molecule has 0 radical (unpaired) electrons. The second-order valence-electron chi connectivity index (χ2n) is 4.79. The van der Waals surface area contributed by atoms with Crippen LogP contribution in [-0.2, 0) is 0 Å². The quantitative estimate of drug-likeness (QED) is 0.606. The monoisotopic (exact) mass is 320 g/mol. The zero-order valence-electron chi connectivity index (χ0n) is 12.5. The van der Waals surface area contributed by atoms with Gasteiger partial charge in [0.2, 0.25) is 0 Å². The van der Waals surface area contributed by atoms with Gasteiger partial charge in [0.05, 0.1) is 6.04 Å². The van der Waals surface area contributed by atoms with Gasteiger partial charge in [0.25, 0.3) is 0 Å². The van der Waals surface area contributed by atoms with Gasteiger partial charge in [0.15, 0.2) is 0 Å². The number of thiocarbonyl (C=S) groups is 1. The van der Waals surface area contributed by atoms with Crippen LogP contribution in [0.4, 0.5) is 5.69 Å². The second kappa shape index (κ2) is 7.00. The molecular formula is C16H20N2OS2. The number of aryl methyl sites for hydroxylation is 1. The van der Waals surface area contributed by atoms with Crippen LogP contribution in [0.1, 0.15) is 37.0 Å². The lowest BCUT2D eigenvalue weighted by Crippen LogP contribution is -2.16. The van der Waals surface area contributed by atoms with Gasteiger partial charge < -0.3 is 15.5 Å². The maximum Gasteiger partial charge on any atom is 0.126 e. The Morgan fingerprint density at radius 3 is 2.71 bits per heavy atom. The molecule has 1 aromatic heterocycles. The molecule has 2 aromatic rings. The van der Waals surface area contributed by atoms with Crippen molar-refractivity contribution in [2.75, 3.05) is 11.1 Å². The Bertz CT molecular complexity index is 637. The number of rotatable bonds is 6. The molecule has 5 heteroatoms. The molecule has 1 aromatic carbocycles. The molecule has 2 rings (SSSR count). The van der Waals surface area contributed by atoms with Gasteiger partial charge in [-0.1, -0.05) is 25.2 Å². The summed E-state index contributed by atoms with van der Waals surface area (Å²) >= 11 is 6.97. The number of nitrogens with one attached hydrogen (secondary N) is 1. The Balaban J connectivity index is 2.30. The smallest absolute Gasteiger partial charge is 0.126 e. The fourth-order valence-electron chi connectivity index (χ4n) is 2.17. The highest BCUT2D eigenvalue weighted by atomic mass is 32.2. The van der Waals surface area contributed by atoms with E-state index in [1.165, 1.54) is 0 Å². The lowest BCUT2D eigenvalue weighted by Gasteiger charge is -2.18. The summed E-state index contributed by atoms with van der Waals surface area (Å²) in [6.07, 6.45) is 0. The summed E-state index contributed by atoms with van der Waals surface area (Å²) in [5.41, 5.74) is 7.78. The number of anilines is 1. The van der Waals surface area contributed by atoms with Crippen LogP contribution in [-0.4, -0.2) is 10.7 Å². The first-order valence-electron chi connectivity index (χ1n) is 6.91. The molecule has 3 N–H and O–H groups in total. The van der Waals surface area contributed by atoms with Gasteiger partial charge in [-0.05, 0) is 43.9 Å². The average molecular weight is 320 g/mol. The Morgan fingerprint density at radius 2 is 2.14 bits per heavy atom. The van der Waals surface area contributed by atoms with Crippen molar-refractivity contribution in [3.05, 3.63) is 47.4 Å². The van der Waals surface area contributed by atoms with Crippen LogP contribution in [0.2, 0.25) is 0 Å². The summed E-state index contributed by atoms with van der Waals surface area (Å²) in [6, 6.07) is 10.1. The van der Waals surface area contributed by atoms with E-state index in [2.05, 4.69) is 25.2 Å². The highest BCUT2D eigenvalue weighted by Gasteiger charge is 2.15. The van der Waals surface area contributed by atoms with Crippen LogP contribution in [0, 0.1) is 6.92 Å². The van der Waals surface area contributed by atoms with Crippen LogP contribution in [0.3, 0.4) is 0 Å². The van der Waals surface area contributed by atoms with Crippen molar-refractivity contribution >= 4 is 34.7 Å². The van der Waals surface area contributed by atoms with Gasteiger partial charge >= 0.3 is 0 Å². The maximum absolute atomic E-state index is 5.92. The van der Waals surface area contributed by atoms with E-state index >= 15 is 0 Å². The molecule has 0 saturated carbocycles. The normalized spacial score (nSPS) is 12.1. The topological polar surface area (TPSA) is 51.2 Å². The van der Waals surface area contributed by atoms with Crippen molar-refractivity contribution in [2.24, 2.45) is 5.73 Å². The molecule has 0 aliphatic carbocycles. The zero-order chi connectivity index (χ0) is 15.4. The number of thioether (sulfide) groups is 1. The molecule has 0 fully saturated rings.